The maximum Gasteiger partial charge on any atom is 0.0907 e. The van der Waals surface area contributed by atoms with Crippen molar-refractivity contribution in [2.45, 2.75) is 13.8 Å². The van der Waals surface area contributed by atoms with Gasteiger partial charge < -0.3 is 0 Å². The molecule has 0 N–H and O–H groups in total. The Morgan fingerprint density at radius 2 is 1.57 bits per heavy atom. The molecular formula is C18H20N2S. The van der Waals surface area contributed by atoms with Crippen LogP contribution >= 0.6 is 11.3 Å². The number of para-hydroxylation sites is 1. The van der Waals surface area contributed by atoms with Crippen LogP contribution in [0.2, 0.25) is 0 Å². The molecule has 1 aromatic carbocycles. The minimum absolute atomic E-state index is 1.12. The van der Waals surface area contributed by atoms with E-state index in [9.17, 15) is 0 Å². The van der Waals surface area contributed by atoms with Crippen LogP contribution in [0.3, 0.4) is 0 Å². The fourth-order valence-electron chi connectivity index (χ4n) is 1.41. The van der Waals surface area contributed by atoms with Gasteiger partial charge in [-0.25, -0.2) is 4.98 Å². The molecule has 0 aliphatic carbocycles. The zero-order chi connectivity index (χ0) is 15.5. The van der Waals surface area contributed by atoms with Crippen molar-refractivity contribution in [1.82, 2.24) is 9.97 Å². The highest BCUT2D eigenvalue weighted by atomic mass is 32.1. The molecule has 0 saturated carbocycles. The van der Waals surface area contributed by atoms with Crippen LogP contribution in [-0.2, 0) is 0 Å². The summed E-state index contributed by atoms with van der Waals surface area (Å²) in [4.78, 5) is 8.18. The lowest BCUT2D eigenvalue weighted by atomic mass is 10.3. The van der Waals surface area contributed by atoms with Crippen molar-refractivity contribution in [1.29, 1.82) is 0 Å². The second-order valence-electron chi connectivity index (χ2n) is 4.20. The Labute approximate surface area is 130 Å². The van der Waals surface area contributed by atoms with Crippen LogP contribution in [0.1, 0.15) is 10.6 Å². The molecule has 108 valence electrons. The Morgan fingerprint density at radius 3 is 2.05 bits per heavy atom. The summed E-state index contributed by atoms with van der Waals surface area (Å²) in [6.45, 7) is 10.8. The second-order valence-corrected chi connectivity index (χ2v) is 5.43. The third kappa shape index (κ3) is 6.63. The quantitative estimate of drug-likeness (QED) is 0.565. The first kappa shape index (κ1) is 16.8. The lowest BCUT2D eigenvalue weighted by Gasteiger charge is -1.82. The highest BCUT2D eigenvalue weighted by molar-refractivity contribution is 7.18. The van der Waals surface area contributed by atoms with Gasteiger partial charge in [-0.05, 0) is 43.7 Å². The average Bonchev–Trinajstić information content (AvgIpc) is 2.89. The Balaban J connectivity index is 0.000000176. The van der Waals surface area contributed by atoms with Crippen molar-refractivity contribution in [2.24, 2.45) is 0 Å². The van der Waals surface area contributed by atoms with Crippen molar-refractivity contribution in [3.63, 3.8) is 0 Å². The Kier molecular flexibility index (Phi) is 7.69. The lowest BCUT2D eigenvalue weighted by Crippen LogP contribution is -1.68. The molecule has 0 unspecified atom stereocenters. The monoisotopic (exact) mass is 296 g/mol. The van der Waals surface area contributed by atoms with E-state index < -0.39 is 0 Å². The number of allylic oxidation sites excluding steroid dienone is 2. The van der Waals surface area contributed by atoms with E-state index in [1.165, 1.54) is 10.3 Å². The molecule has 3 heteroatoms. The Morgan fingerprint density at radius 1 is 0.952 bits per heavy atom. The molecular weight excluding hydrogens is 276 g/mol. The van der Waals surface area contributed by atoms with Crippen LogP contribution in [0.4, 0.5) is 0 Å². The number of rotatable bonds is 1. The topological polar surface area (TPSA) is 25.8 Å². The van der Waals surface area contributed by atoms with Crippen molar-refractivity contribution in [2.75, 3.05) is 0 Å². The minimum Gasteiger partial charge on any atom is -0.265 e. The van der Waals surface area contributed by atoms with Gasteiger partial charge in [-0.3, -0.25) is 4.98 Å². The molecule has 0 amide bonds. The van der Waals surface area contributed by atoms with Crippen LogP contribution in [0, 0.1) is 13.8 Å². The van der Waals surface area contributed by atoms with E-state index in [1.807, 2.05) is 44.2 Å². The van der Waals surface area contributed by atoms with E-state index in [2.05, 4.69) is 29.2 Å². The van der Waals surface area contributed by atoms with Gasteiger partial charge in [0.1, 0.15) is 0 Å². The van der Waals surface area contributed by atoms with E-state index >= 15 is 0 Å². The zero-order valence-corrected chi connectivity index (χ0v) is 13.3. The molecule has 2 nitrogen and oxygen atoms in total. The summed E-state index contributed by atoms with van der Waals surface area (Å²) in [6, 6.07) is 12.1. The predicted molar refractivity (Wildman–Crippen MR) is 93.7 cm³/mol. The maximum atomic E-state index is 4.33. The Bertz CT molecular complexity index is 633. The molecule has 3 rings (SSSR count). The molecule has 0 spiro atoms. The van der Waals surface area contributed by atoms with Gasteiger partial charge >= 0.3 is 0 Å². The highest BCUT2D eigenvalue weighted by Gasteiger charge is 1.95. The lowest BCUT2D eigenvalue weighted by molar-refractivity contribution is 1.29. The SMILES string of the molecule is C=CC=C.Cc1ccncc1.Cc1nc2ccccc2s1. The van der Waals surface area contributed by atoms with Gasteiger partial charge in [0.15, 0.2) is 0 Å². The normalized spacial score (nSPS) is 8.86. The van der Waals surface area contributed by atoms with E-state index in [0.29, 0.717) is 0 Å². The minimum atomic E-state index is 1.12. The summed E-state index contributed by atoms with van der Waals surface area (Å²) in [5.41, 5.74) is 2.38. The van der Waals surface area contributed by atoms with Gasteiger partial charge in [-0.15, -0.1) is 11.3 Å². The van der Waals surface area contributed by atoms with Crippen LogP contribution in [0.25, 0.3) is 10.2 Å². The first-order valence-electron chi connectivity index (χ1n) is 6.59. The zero-order valence-electron chi connectivity index (χ0n) is 12.5. The number of nitrogens with zero attached hydrogens (tertiary/aromatic N) is 2. The van der Waals surface area contributed by atoms with E-state index in [0.717, 1.165) is 10.5 Å². The van der Waals surface area contributed by atoms with Crippen LogP contribution < -0.4 is 0 Å². The van der Waals surface area contributed by atoms with Crippen molar-refractivity contribution in [3.8, 4) is 0 Å². The number of benzene rings is 1. The summed E-state index contributed by atoms with van der Waals surface area (Å²) in [6.07, 6.45) is 6.85. The van der Waals surface area contributed by atoms with E-state index in [-0.39, 0.29) is 0 Å². The van der Waals surface area contributed by atoms with E-state index in [1.54, 1.807) is 35.9 Å². The highest BCUT2D eigenvalue weighted by Crippen LogP contribution is 2.19. The van der Waals surface area contributed by atoms with Gasteiger partial charge in [0.2, 0.25) is 0 Å². The number of aryl methyl sites for hydroxylation is 2. The second kappa shape index (κ2) is 9.61. The van der Waals surface area contributed by atoms with Crippen molar-refractivity contribution >= 4 is 21.6 Å². The number of fused-ring (bicyclic) bond motifs is 1. The fourth-order valence-corrected chi connectivity index (χ4v) is 2.24. The number of pyridine rings is 1. The van der Waals surface area contributed by atoms with Crippen molar-refractivity contribution < 1.29 is 0 Å². The van der Waals surface area contributed by atoms with Crippen LogP contribution in [-0.4, -0.2) is 9.97 Å². The third-order valence-corrected chi connectivity index (χ3v) is 3.37. The predicted octanol–water partition coefficient (Wildman–Crippen LogP) is 5.35. The van der Waals surface area contributed by atoms with Crippen LogP contribution in [0.5, 0.6) is 0 Å². The van der Waals surface area contributed by atoms with Crippen LogP contribution in [0.15, 0.2) is 74.1 Å². The molecule has 0 atom stereocenters. The summed E-state index contributed by atoms with van der Waals surface area (Å²) in [7, 11) is 0. The van der Waals surface area contributed by atoms with Gasteiger partial charge in [0.05, 0.1) is 15.2 Å². The molecule has 0 radical (unpaired) electrons. The molecule has 0 aliphatic rings. The summed E-state index contributed by atoms with van der Waals surface area (Å²) in [5, 5.41) is 1.14. The molecule has 0 aliphatic heterocycles. The summed E-state index contributed by atoms with van der Waals surface area (Å²) < 4.78 is 1.28. The fraction of sp³-hybridized carbons (Fsp3) is 0.111. The summed E-state index contributed by atoms with van der Waals surface area (Å²) in [5.74, 6) is 0. The van der Waals surface area contributed by atoms with E-state index in [4.69, 9.17) is 0 Å². The number of thiazole rings is 1. The van der Waals surface area contributed by atoms with Gasteiger partial charge in [-0.1, -0.05) is 37.4 Å². The number of aromatic nitrogens is 2. The summed E-state index contributed by atoms with van der Waals surface area (Å²) >= 11 is 1.74. The van der Waals surface area contributed by atoms with Gasteiger partial charge in [0, 0.05) is 12.4 Å². The molecule has 2 aromatic heterocycles. The molecule has 0 fully saturated rings. The van der Waals surface area contributed by atoms with Gasteiger partial charge in [-0.2, -0.15) is 0 Å². The van der Waals surface area contributed by atoms with Gasteiger partial charge in [0.25, 0.3) is 0 Å². The van der Waals surface area contributed by atoms with Crippen molar-refractivity contribution in [3.05, 3.63) is 84.7 Å². The molecule has 0 bridgehead atoms. The molecule has 2 heterocycles. The smallest absolute Gasteiger partial charge is 0.0907 e. The third-order valence-electron chi connectivity index (χ3n) is 2.41. The molecule has 3 aromatic rings. The molecule has 0 saturated heterocycles. The Hall–Kier alpha value is -2.26. The standard InChI is InChI=1S/C8H7NS.C6H7N.C4H6/c1-6-9-7-4-2-3-5-8(7)10-6;1-6-2-4-7-5-3-6;1-3-4-2/h2-5H,1H3;2-5H,1H3;3-4H,1-2H2. The average molecular weight is 296 g/mol. The maximum absolute atomic E-state index is 4.33. The number of hydrogen-bond acceptors (Lipinski definition) is 3. The first-order valence-corrected chi connectivity index (χ1v) is 7.41. The molecule has 21 heavy (non-hydrogen) atoms. The first-order chi connectivity index (χ1) is 10.2. The number of hydrogen-bond donors (Lipinski definition) is 0. The largest absolute Gasteiger partial charge is 0.265 e.